The number of nitrogens with one attached hydrogen (secondary N) is 1. The first-order valence-corrected chi connectivity index (χ1v) is 10.6. The van der Waals surface area contributed by atoms with Gasteiger partial charge in [-0.25, -0.2) is 4.98 Å². The zero-order valence-corrected chi connectivity index (χ0v) is 17.4. The highest BCUT2D eigenvalue weighted by molar-refractivity contribution is 7.09. The molecule has 0 aliphatic carbocycles. The van der Waals surface area contributed by atoms with E-state index in [4.69, 9.17) is 0 Å². The molecule has 0 atom stereocenters. The van der Waals surface area contributed by atoms with E-state index in [0.717, 1.165) is 21.8 Å². The van der Waals surface area contributed by atoms with Crippen molar-refractivity contribution in [2.24, 2.45) is 0 Å². The lowest BCUT2D eigenvalue weighted by atomic mass is 10.1. The number of hydrogen-bond donors (Lipinski definition) is 1. The number of aryl methyl sites for hydroxylation is 1. The third-order valence-electron chi connectivity index (χ3n) is 5.02. The van der Waals surface area contributed by atoms with Gasteiger partial charge in [0.2, 0.25) is 5.91 Å². The number of amides is 3. The Hall–Kier alpha value is -3.32. The van der Waals surface area contributed by atoms with E-state index in [9.17, 15) is 14.4 Å². The van der Waals surface area contributed by atoms with E-state index < -0.39 is 0 Å². The molecule has 0 bridgehead atoms. The van der Waals surface area contributed by atoms with Crippen LogP contribution < -0.4 is 5.32 Å². The first-order valence-electron chi connectivity index (χ1n) is 9.76. The first-order chi connectivity index (χ1) is 14.5. The van der Waals surface area contributed by atoms with Crippen LogP contribution >= 0.6 is 11.3 Å². The van der Waals surface area contributed by atoms with Crippen LogP contribution in [0.4, 0.5) is 0 Å². The Kier molecular flexibility index (Phi) is 5.72. The third-order valence-corrected chi connectivity index (χ3v) is 5.80. The Morgan fingerprint density at radius 2 is 1.70 bits per heavy atom. The van der Waals surface area contributed by atoms with Crippen molar-refractivity contribution < 1.29 is 14.4 Å². The van der Waals surface area contributed by atoms with Gasteiger partial charge in [0.05, 0.1) is 21.8 Å². The summed E-state index contributed by atoms with van der Waals surface area (Å²) in [5.41, 5.74) is 3.88. The third kappa shape index (κ3) is 4.16. The highest BCUT2D eigenvalue weighted by Gasteiger charge is 2.34. The molecular formula is C23H21N3O3S. The molecule has 2 heterocycles. The lowest BCUT2D eigenvalue weighted by Gasteiger charge is -2.13. The number of rotatable bonds is 7. The number of fused-ring (bicyclic) bond motifs is 1. The van der Waals surface area contributed by atoms with Crippen LogP contribution in [0.25, 0.3) is 11.3 Å². The molecule has 0 saturated carbocycles. The number of aromatic nitrogens is 1. The van der Waals surface area contributed by atoms with Crippen molar-refractivity contribution in [2.75, 3.05) is 6.54 Å². The molecule has 3 amide bonds. The topological polar surface area (TPSA) is 79.4 Å². The molecular weight excluding hydrogens is 398 g/mol. The van der Waals surface area contributed by atoms with Gasteiger partial charge < -0.3 is 5.32 Å². The summed E-state index contributed by atoms with van der Waals surface area (Å²) >= 11 is 1.62. The van der Waals surface area contributed by atoms with Gasteiger partial charge in [-0.1, -0.05) is 36.4 Å². The first kappa shape index (κ1) is 20.0. The van der Waals surface area contributed by atoms with Crippen molar-refractivity contribution in [3.8, 4) is 11.3 Å². The maximum absolute atomic E-state index is 12.3. The molecule has 1 aliphatic heterocycles. The Bertz CT molecular complexity index is 1070. The van der Waals surface area contributed by atoms with E-state index in [0.29, 0.717) is 24.1 Å². The van der Waals surface area contributed by atoms with E-state index in [2.05, 4.69) is 10.3 Å². The van der Waals surface area contributed by atoms with Crippen LogP contribution in [0.1, 0.15) is 44.1 Å². The fourth-order valence-corrected chi connectivity index (χ4v) is 4.04. The molecule has 1 aromatic heterocycles. The second-order valence-corrected chi connectivity index (χ2v) is 8.20. The quantitative estimate of drug-likeness (QED) is 0.591. The van der Waals surface area contributed by atoms with Crippen molar-refractivity contribution in [3.05, 3.63) is 75.6 Å². The molecule has 2 aromatic carbocycles. The van der Waals surface area contributed by atoms with Crippen LogP contribution in [0.2, 0.25) is 0 Å². The predicted molar refractivity (Wildman–Crippen MR) is 115 cm³/mol. The Morgan fingerprint density at radius 1 is 1.03 bits per heavy atom. The summed E-state index contributed by atoms with van der Waals surface area (Å²) in [6.45, 7) is 2.65. The van der Waals surface area contributed by atoms with Crippen LogP contribution in [0.3, 0.4) is 0 Å². The van der Waals surface area contributed by atoms with Gasteiger partial charge in [0.25, 0.3) is 11.8 Å². The van der Waals surface area contributed by atoms with E-state index in [1.54, 1.807) is 35.6 Å². The minimum atomic E-state index is -0.286. The van der Waals surface area contributed by atoms with E-state index >= 15 is 0 Å². The molecule has 4 rings (SSSR count). The van der Waals surface area contributed by atoms with Crippen molar-refractivity contribution in [3.63, 3.8) is 0 Å². The molecule has 0 unspecified atom stereocenters. The lowest BCUT2D eigenvalue weighted by Crippen LogP contribution is -2.32. The Morgan fingerprint density at radius 3 is 2.30 bits per heavy atom. The molecule has 0 spiro atoms. The second kappa shape index (κ2) is 8.59. The summed E-state index contributed by atoms with van der Waals surface area (Å²) in [5, 5.41) is 5.94. The number of benzene rings is 2. The monoisotopic (exact) mass is 419 g/mol. The Labute approximate surface area is 178 Å². The fourth-order valence-electron chi connectivity index (χ4n) is 3.42. The molecule has 1 aliphatic rings. The number of carbonyl (C=O) groups is 3. The van der Waals surface area contributed by atoms with Crippen molar-refractivity contribution in [2.45, 2.75) is 26.3 Å². The molecule has 1 N–H and O–H groups in total. The smallest absolute Gasteiger partial charge is 0.261 e. The molecule has 0 saturated heterocycles. The maximum atomic E-state index is 12.3. The summed E-state index contributed by atoms with van der Waals surface area (Å²) in [6.07, 6.45) is 0.684. The number of hydrogen-bond acceptors (Lipinski definition) is 5. The van der Waals surface area contributed by atoms with Gasteiger partial charge in [0.15, 0.2) is 0 Å². The summed E-state index contributed by atoms with van der Waals surface area (Å²) in [7, 11) is 0. The van der Waals surface area contributed by atoms with Gasteiger partial charge in [-0.05, 0) is 31.0 Å². The van der Waals surface area contributed by atoms with Crippen LogP contribution in [0, 0.1) is 6.92 Å². The van der Waals surface area contributed by atoms with Gasteiger partial charge in [-0.2, -0.15) is 0 Å². The summed E-state index contributed by atoms with van der Waals surface area (Å²) in [6, 6.07) is 14.7. The van der Waals surface area contributed by atoms with Gasteiger partial charge in [-0.15, -0.1) is 11.3 Å². The SMILES string of the molecule is Cc1nc(-c2ccc(CNC(=O)CCCN3C(=O)c4ccccc4C3=O)cc2)cs1. The summed E-state index contributed by atoms with van der Waals surface area (Å²) < 4.78 is 0. The van der Waals surface area contributed by atoms with E-state index in [-0.39, 0.29) is 30.7 Å². The highest BCUT2D eigenvalue weighted by atomic mass is 32.1. The zero-order valence-electron chi connectivity index (χ0n) is 16.6. The second-order valence-electron chi connectivity index (χ2n) is 7.14. The molecule has 30 heavy (non-hydrogen) atoms. The van der Waals surface area contributed by atoms with Gasteiger partial charge in [-0.3, -0.25) is 19.3 Å². The van der Waals surface area contributed by atoms with Crippen molar-refractivity contribution >= 4 is 29.1 Å². The maximum Gasteiger partial charge on any atom is 0.261 e. The largest absolute Gasteiger partial charge is 0.352 e. The minimum absolute atomic E-state index is 0.106. The standard InChI is InChI=1S/C23H21N3O3S/c1-15-25-20(14-30-15)17-10-8-16(9-11-17)13-24-21(27)7-4-12-26-22(28)18-5-2-3-6-19(18)23(26)29/h2-3,5-6,8-11,14H,4,7,12-13H2,1H3,(H,24,27). The van der Waals surface area contributed by atoms with Crippen LogP contribution in [-0.4, -0.2) is 34.2 Å². The van der Waals surface area contributed by atoms with Crippen LogP contribution in [0.15, 0.2) is 53.9 Å². The molecule has 0 fully saturated rings. The fraction of sp³-hybridized carbons (Fsp3) is 0.217. The van der Waals surface area contributed by atoms with Crippen molar-refractivity contribution in [1.82, 2.24) is 15.2 Å². The average Bonchev–Trinajstić information content (AvgIpc) is 3.30. The molecule has 7 heteroatoms. The van der Waals surface area contributed by atoms with Gasteiger partial charge >= 0.3 is 0 Å². The highest BCUT2D eigenvalue weighted by Crippen LogP contribution is 2.23. The summed E-state index contributed by atoms with van der Waals surface area (Å²) in [4.78, 5) is 42.5. The van der Waals surface area contributed by atoms with Crippen molar-refractivity contribution in [1.29, 1.82) is 0 Å². The predicted octanol–water partition coefficient (Wildman–Crippen LogP) is 3.81. The summed E-state index contributed by atoms with van der Waals surface area (Å²) in [5.74, 6) is -0.677. The minimum Gasteiger partial charge on any atom is -0.352 e. The van der Waals surface area contributed by atoms with Crippen LogP contribution in [0.5, 0.6) is 0 Å². The van der Waals surface area contributed by atoms with E-state index in [1.165, 1.54) is 4.90 Å². The molecule has 3 aromatic rings. The van der Waals surface area contributed by atoms with Crippen LogP contribution in [-0.2, 0) is 11.3 Å². The Balaban J connectivity index is 1.23. The van der Waals surface area contributed by atoms with Gasteiger partial charge in [0, 0.05) is 30.5 Å². The lowest BCUT2D eigenvalue weighted by molar-refractivity contribution is -0.121. The van der Waals surface area contributed by atoms with Gasteiger partial charge in [0.1, 0.15) is 0 Å². The molecule has 0 radical (unpaired) electrons. The van der Waals surface area contributed by atoms with E-state index in [1.807, 2.05) is 36.6 Å². The number of thiazole rings is 1. The number of imide groups is 1. The number of nitrogens with zero attached hydrogens (tertiary/aromatic N) is 2. The average molecular weight is 420 g/mol. The number of carbonyl (C=O) groups excluding carboxylic acids is 3. The molecule has 152 valence electrons. The molecule has 6 nitrogen and oxygen atoms in total. The normalized spacial score (nSPS) is 12.9. The zero-order chi connectivity index (χ0) is 21.1.